The highest BCUT2D eigenvalue weighted by Gasteiger charge is 2.35. The Labute approximate surface area is 128 Å². The predicted octanol–water partition coefficient (Wildman–Crippen LogP) is 2.03. The van der Waals surface area contributed by atoms with Crippen LogP contribution in [0.3, 0.4) is 0 Å². The minimum Gasteiger partial charge on any atom is -0.466 e. The first-order valence-corrected chi connectivity index (χ1v) is 8.35. The summed E-state index contributed by atoms with van der Waals surface area (Å²) in [6.45, 7) is 5.36. The minimum absolute atomic E-state index is 0.110. The number of rotatable bonds is 5. The Morgan fingerprint density at radius 3 is 2.52 bits per heavy atom. The van der Waals surface area contributed by atoms with Crippen molar-refractivity contribution in [3.8, 4) is 0 Å². The molecular formula is C16H29N3O2. The second-order valence-corrected chi connectivity index (χ2v) is 6.09. The summed E-state index contributed by atoms with van der Waals surface area (Å²) in [5.74, 6) is 2.60. The molecule has 0 bridgehead atoms. The number of nitrogens with zero attached hydrogens (tertiary/aromatic N) is 2. The van der Waals surface area contributed by atoms with E-state index in [1.807, 2.05) is 14.0 Å². The Hall–Kier alpha value is -1.26. The van der Waals surface area contributed by atoms with E-state index >= 15 is 0 Å². The fourth-order valence-electron chi connectivity index (χ4n) is 3.58. The fraction of sp³-hybridized carbons (Fsp3) is 0.875. The van der Waals surface area contributed by atoms with Crippen LogP contribution in [-0.2, 0) is 9.53 Å². The monoisotopic (exact) mass is 295 g/mol. The van der Waals surface area contributed by atoms with Crippen molar-refractivity contribution in [2.45, 2.75) is 45.4 Å². The molecule has 5 nitrogen and oxygen atoms in total. The van der Waals surface area contributed by atoms with Crippen molar-refractivity contribution in [1.29, 1.82) is 0 Å². The van der Waals surface area contributed by atoms with Gasteiger partial charge in [0.1, 0.15) is 0 Å². The molecule has 2 atom stereocenters. The number of ether oxygens (including phenoxy) is 1. The first kappa shape index (κ1) is 16.1. The lowest BCUT2D eigenvalue weighted by molar-refractivity contribution is -0.143. The molecule has 1 aliphatic heterocycles. The van der Waals surface area contributed by atoms with Crippen LogP contribution >= 0.6 is 0 Å². The Morgan fingerprint density at radius 1 is 1.29 bits per heavy atom. The number of carbonyl (C=O) groups excluding carboxylic acids is 1. The number of esters is 1. The molecule has 2 rings (SSSR count). The molecule has 1 saturated heterocycles. The van der Waals surface area contributed by atoms with Crippen LogP contribution in [0.1, 0.15) is 45.4 Å². The number of guanidine groups is 1. The van der Waals surface area contributed by atoms with Gasteiger partial charge < -0.3 is 15.0 Å². The Morgan fingerprint density at radius 2 is 1.95 bits per heavy atom. The number of fused-ring (bicyclic) bond motifs is 1. The summed E-state index contributed by atoms with van der Waals surface area (Å²) >= 11 is 0. The second-order valence-electron chi connectivity index (χ2n) is 6.09. The first-order valence-electron chi connectivity index (χ1n) is 8.35. The van der Waals surface area contributed by atoms with Gasteiger partial charge in [-0.2, -0.15) is 0 Å². The Balaban J connectivity index is 1.70. The third-order valence-corrected chi connectivity index (χ3v) is 4.63. The molecule has 5 heteroatoms. The van der Waals surface area contributed by atoms with Crippen LogP contribution in [0.2, 0.25) is 0 Å². The van der Waals surface area contributed by atoms with Crippen molar-refractivity contribution in [1.82, 2.24) is 10.2 Å². The molecule has 0 aromatic carbocycles. The number of carbonyl (C=O) groups is 1. The highest BCUT2D eigenvalue weighted by molar-refractivity contribution is 5.80. The van der Waals surface area contributed by atoms with Crippen LogP contribution < -0.4 is 5.32 Å². The molecule has 0 radical (unpaired) electrons. The number of likely N-dealkylation sites (tertiary alicyclic amines) is 1. The van der Waals surface area contributed by atoms with E-state index in [0.717, 1.165) is 43.9 Å². The van der Waals surface area contributed by atoms with E-state index in [0.29, 0.717) is 13.0 Å². The molecule has 120 valence electrons. The van der Waals surface area contributed by atoms with Gasteiger partial charge in [-0.25, -0.2) is 0 Å². The summed E-state index contributed by atoms with van der Waals surface area (Å²) in [6, 6.07) is 0. The van der Waals surface area contributed by atoms with Crippen molar-refractivity contribution in [3.05, 3.63) is 0 Å². The normalized spacial score (nSPS) is 25.6. The second kappa shape index (κ2) is 8.25. The van der Waals surface area contributed by atoms with Crippen LogP contribution in [0.25, 0.3) is 0 Å². The molecule has 21 heavy (non-hydrogen) atoms. The average Bonchev–Trinajstić information content (AvgIpc) is 2.91. The lowest BCUT2D eigenvalue weighted by atomic mass is 9.82. The van der Waals surface area contributed by atoms with Gasteiger partial charge in [0.15, 0.2) is 5.96 Å². The van der Waals surface area contributed by atoms with Crippen molar-refractivity contribution in [3.63, 3.8) is 0 Å². The fourth-order valence-corrected chi connectivity index (χ4v) is 3.58. The molecule has 2 unspecified atom stereocenters. The number of hydrogen-bond acceptors (Lipinski definition) is 3. The topological polar surface area (TPSA) is 53.9 Å². The van der Waals surface area contributed by atoms with Crippen molar-refractivity contribution in [2.24, 2.45) is 16.8 Å². The SMILES string of the molecule is CCOC(=O)CCCNC(=NC)N1CC2CCCCC2C1. The van der Waals surface area contributed by atoms with Crippen molar-refractivity contribution < 1.29 is 9.53 Å². The average molecular weight is 295 g/mol. The first-order chi connectivity index (χ1) is 10.2. The van der Waals surface area contributed by atoms with Crippen LogP contribution in [-0.4, -0.2) is 50.1 Å². The van der Waals surface area contributed by atoms with Gasteiger partial charge in [0, 0.05) is 33.1 Å². The molecule has 0 aromatic heterocycles. The molecule has 0 spiro atoms. The Bertz CT molecular complexity index is 357. The zero-order valence-corrected chi connectivity index (χ0v) is 13.4. The summed E-state index contributed by atoms with van der Waals surface area (Å²) in [5.41, 5.74) is 0. The molecule has 1 heterocycles. The van der Waals surface area contributed by atoms with Gasteiger partial charge in [-0.3, -0.25) is 9.79 Å². The number of nitrogens with one attached hydrogen (secondary N) is 1. The lowest BCUT2D eigenvalue weighted by Crippen LogP contribution is -2.40. The smallest absolute Gasteiger partial charge is 0.305 e. The standard InChI is InChI=1S/C16H29N3O2/c1-3-21-15(20)9-6-10-18-16(17-2)19-11-13-7-4-5-8-14(13)12-19/h13-14H,3-12H2,1-2H3,(H,17,18). The zero-order chi connectivity index (χ0) is 15.1. The molecule has 1 N–H and O–H groups in total. The molecule has 0 aromatic rings. The molecule has 1 aliphatic carbocycles. The molecule has 1 saturated carbocycles. The van der Waals surface area contributed by atoms with Gasteiger partial charge in [0.05, 0.1) is 6.61 Å². The van der Waals surface area contributed by atoms with Crippen LogP contribution in [0, 0.1) is 11.8 Å². The van der Waals surface area contributed by atoms with Gasteiger partial charge in [0.2, 0.25) is 0 Å². The maximum atomic E-state index is 11.3. The van der Waals surface area contributed by atoms with Gasteiger partial charge in [-0.05, 0) is 38.0 Å². The van der Waals surface area contributed by atoms with E-state index in [2.05, 4.69) is 15.2 Å². The van der Waals surface area contributed by atoms with E-state index in [-0.39, 0.29) is 5.97 Å². The molecule has 2 fully saturated rings. The highest BCUT2D eigenvalue weighted by atomic mass is 16.5. The minimum atomic E-state index is -0.110. The maximum absolute atomic E-state index is 11.3. The highest BCUT2D eigenvalue weighted by Crippen LogP contribution is 2.35. The maximum Gasteiger partial charge on any atom is 0.305 e. The van der Waals surface area contributed by atoms with Crippen molar-refractivity contribution >= 4 is 11.9 Å². The summed E-state index contributed by atoms with van der Waals surface area (Å²) in [5, 5.41) is 3.39. The zero-order valence-electron chi connectivity index (χ0n) is 13.4. The summed E-state index contributed by atoms with van der Waals surface area (Å²) in [7, 11) is 1.84. The van der Waals surface area contributed by atoms with Gasteiger partial charge in [-0.1, -0.05) is 12.8 Å². The van der Waals surface area contributed by atoms with Crippen LogP contribution in [0.15, 0.2) is 4.99 Å². The molecular weight excluding hydrogens is 266 g/mol. The quantitative estimate of drug-likeness (QED) is 0.365. The third-order valence-electron chi connectivity index (χ3n) is 4.63. The largest absolute Gasteiger partial charge is 0.466 e. The number of hydrogen-bond donors (Lipinski definition) is 1. The molecule has 0 amide bonds. The van der Waals surface area contributed by atoms with E-state index in [4.69, 9.17) is 4.74 Å². The van der Waals surface area contributed by atoms with Gasteiger partial charge in [0.25, 0.3) is 0 Å². The third kappa shape index (κ3) is 4.61. The van der Waals surface area contributed by atoms with Gasteiger partial charge in [-0.15, -0.1) is 0 Å². The van der Waals surface area contributed by atoms with Crippen molar-refractivity contribution in [2.75, 3.05) is 33.3 Å². The van der Waals surface area contributed by atoms with Gasteiger partial charge >= 0.3 is 5.97 Å². The lowest BCUT2D eigenvalue weighted by Gasteiger charge is -2.22. The predicted molar refractivity (Wildman–Crippen MR) is 84.2 cm³/mol. The van der Waals surface area contributed by atoms with E-state index in [1.165, 1.54) is 25.7 Å². The summed E-state index contributed by atoms with van der Waals surface area (Å²) in [4.78, 5) is 18.1. The van der Waals surface area contributed by atoms with Crippen LogP contribution in [0.4, 0.5) is 0 Å². The summed E-state index contributed by atoms with van der Waals surface area (Å²) < 4.78 is 4.93. The van der Waals surface area contributed by atoms with E-state index in [1.54, 1.807) is 0 Å². The molecule has 2 aliphatic rings. The number of aliphatic imine (C=N–C) groups is 1. The van der Waals surface area contributed by atoms with E-state index < -0.39 is 0 Å². The van der Waals surface area contributed by atoms with E-state index in [9.17, 15) is 4.79 Å². The Kier molecular flexibility index (Phi) is 6.33. The van der Waals surface area contributed by atoms with Crippen LogP contribution in [0.5, 0.6) is 0 Å². The summed E-state index contributed by atoms with van der Waals surface area (Å²) in [6.07, 6.45) is 6.80.